The van der Waals surface area contributed by atoms with Crippen LogP contribution in [0.2, 0.25) is 0 Å². The Kier molecular flexibility index (Phi) is 4.84. The number of fused-ring (bicyclic) bond motifs is 1. The topological polar surface area (TPSA) is 55.4 Å². The summed E-state index contributed by atoms with van der Waals surface area (Å²) in [6.07, 6.45) is 2.12. The van der Waals surface area contributed by atoms with E-state index in [4.69, 9.17) is 4.74 Å². The maximum atomic E-state index is 13.1. The molecule has 1 aliphatic heterocycles. The van der Waals surface area contributed by atoms with Crippen molar-refractivity contribution >= 4 is 10.0 Å². The van der Waals surface area contributed by atoms with E-state index >= 15 is 0 Å². The highest BCUT2D eigenvalue weighted by molar-refractivity contribution is 7.89. The van der Waals surface area contributed by atoms with Crippen molar-refractivity contribution in [2.45, 2.75) is 49.6 Å². The third kappa shape index (κ3) is 3.55. The normalized spacial score (nSPS) is 19.1. The van der Waals surface area contributed by atoms with E-state index in [9.17, 15) is 12.8 Å². The number of para-hydroxylation sites is 1. The van der Waals surface area contributed by atoms with E-state index in [1.54, 1.807) is 0 Å². The van der Waals surface area contributed by atoms with Gasteiger partial charge in [0.15, 0.2) is 0 Å². The summed E-state index contributed by atoms with van der Waals surface area (Å²) in [5.41, 5.74) is 0.426. The molecule has 2 aromatic carbocycles. The van der Waals surface area contributed by atoms with Crippen molar-refractivity contribution in [2.24, 2.45) is 0 Å². The minimum Gasteiger partial charge on any atom is -0.487 e. The van der Waals surface area contributed by atoms with Crippen LogP contribution in [0.3, 0.4) is 0 Å². The maximum Gasteiger partial charge on any atom is 0.241 e. The average molecular weight is 363 g/mol. The van der Waals surface area contributed by atoms with Crippen LogP contribution in [0.25, 0.3) is 0 Å². The molecule has 1 aliphatic rings. The van der Waals surface area contributed by atoms with Gasteiger partial charge in [-0.2, -0.15) is 0 Å². The minimum atomic E-state index is -3.76. The Labute approximate surface area is 148 Å². The van der Waals surface area contributed by atoms with E-state index in [2.05, 4.69) is 4.72 Å². The summed E-state index contributed by atoms with van der Waals surface area (Å²) >= 11 is 0. The molecule has 1 N–H and O–H groups in total. The van der Waals surface area contributed by atoms with Gasteiger partial charge in [0.1, 0.15) is 17.2 Å². The Morgan fingerprint density at radius 1 is 1.12 bits per heavy atom. The van der Waals surface area contributed by atoms with Gasteiger partial charge in [-0.15, -0.1) is 0 Å². The Balaban J connectivity index is 1.96. The van der Waals surface area contributed by atoms with Gasteiger partial charge < -0.3 is 4.74 Å². The van der Waals surface area contributed by atoms with E-state index in [0.717, 1.165) is 30.5 Å². The molecule has 0 spiro atoms. The molecule has 25 heavy (non-hydrogen) atoms. The molecule has 0 fully saturated rings. The first-order valence-electron chi connectivity index (χ1n) is 8.45. The summed E-state index contributed by atoms with van der Waals surface area (Å²) in [5, 5.41) is 0. The van der Waals surface area contributed by atoms with Crippen molar-refractivity contribution in [1.29, 1.82) is 0 Å². The van der Waals surface area contributed by atoms with Crippen LogP contribution in [0, 0.1) is 5.82 Å². The number of sulfonamides is 1. The molecule has 0 saturated heterocycles. The van der Waals surface area contributed by atoms with Crippen molar-refractivity contribution in [3.05, 3.63) is 59.9 Å². The predicted octanol–water partition coefficient (Wildman–Crippen LogP) is 4.19. The van der Waals surface area contributed by atoms with Crippen LogP contribution in [0.15, 0.2) is 53.4 Å². The minimum absolute atomic E-state index is 0.0523. The van der Waals surface area contributed by atoms with Crippen LogP contribution in [0.4, 0.5) is 4.39 Å². The molecular formula is C19H22FNO3S. The van der Waals surface area contributed by atoms with Crippen molar-refractivity contribution in [3.63, 3.8) is 0 Å². The summed E-state index contributed by atoms with van der Waals surface area (Å²) in [5.74, 6) is 0.246. The molecule has 0 amide bonds. The fraction of sp³-hybridized carbons (Fsp3) is 0.368. The third-order valence-corrected chi connectivity index (χ3v) is 6.39. The van der Waals surface area contributed by atoms with Crippen LogP contribution in [0.5, 0.6) is 5.75 Å². The van der Waals surface area contributed by atoms with Gasteiger partial charge in [0.05, 0.1) is 10.9 Å². The van der Waals surface area contributed by atoms with Crippen LogP contribution >= 0.6 is 0 Å². The van der Waals surface area contributed by atoms with Crippen LogP contribution in [-0.2, 0) is 10.0 Å². The van der Waals surface area contributed by atoms with Crippen molar-refractivity contribution in [1.82, 2.24) is 4.72 Å². The molecule has 0 saturated carbocycles. The Hall–Kier alpha value is -1.92. The van der Waals surface area contributed by atoms with Gasteiger partial charge in [0.25, 0.3) is 0 Å². The van der Waals surface area contributed by atoms with Crippen molar-refractivity contribution in [3.8, 4) is 5.75 Å². The molecule has 0 aromatic heterocycles. The summed E-state index contributed by atoms with van der Waals surface area (Å²) in [4.78, 5) is 0.0523. The first kappa shape index (κ1) is 17.9. The van der Waals surface area contributed by atoms with Gasteiger partial charge in [-0.05, 0) is 43.2 Å². The highest BCUT2D eigenvalue weighted by Gasteiger charge is 2.39. The summed E-state index contributed by atoms with van der Waals surface area (Å²) in [7, 11) is -3.76. The quantitative estimate of drug-likeness (QED) is 0.867. The highest BCUT2D eigenvalue weighted by Crippen LogP contribution is 2.43. The van der Waals surface area contributed by atoms with E-state index in [1.165, 1.54) is 12.1 Å². The van der Waals surface area contributed by atoms with Crippen LogP contribution < -0.4 is 9.46 Å². The van der Waals surface area contributed by atoms with E-state index in [0.29, 0.717) is 12.2 Å². The lowest BCUT2D eigenvalue weighted by Crippen LogP contribution is -2.44. The van der Waals surface area contributed by atoms with Gasteiger partial charge in [-0.25, -0.2) is 17.5 Å². The average Bonchev–Trinajstić information content (AvgIpc) is 2.61. The lowest BCUT2D eigenvalue weighted by atomic mass is 9.84. The summed E-state index contributed by atoms with van der Waals surface area (Å²) < 4.78 is 47.5. The molecule has 0 radical (unpaired) electrons. The Morgan fingerprint density at radius 2 is 1.76 bits per heavy atom. The number of ether oxygens (including phenoxy) is 1. The number of rotatable bonds is 5. The van der Waals surface area contributed by atoms with E-state index in [1.807, 2.05) is 38.1 Å². The molecule has 2 aromatic rings. The molecule has 6 heteroatoms. The number of halogens is 1. The number of nitrogens with one attached hydrogen (secondary N) is 1. The number of hydrogen-bond donors (Lipinski definition) is 1. The SMILES string of the molecule is CCC1(CC)C[C@@H](NS(=O)(=O)c2ccc(F)cc2)c2ccccc2O1. The largest absolute Gasteiger partial charge is 0.487 e. The molecule has 134 valence electrons. The molecule has 3 rings (SSSR count). The second kappa shape index (κ2) is 6.77. The van der Waals surface area contributed by atoms with E-state index < -0.39 is 21.4 Å². The van der Waals surface area contributed by atoms with Gasteiger partial charge in [-0.3, -0.25) is 0 Å². The first-order chi connectivity index (χ1) is 11.9. The fourth-order valence-corrected chi connectivity index (χ4v) is 4.49. The predicted molar refractivity (Wildman–Crippen MR) is 94.5 cm³/mol. The van der Waals surface area contributed by atoms with Crippen LogP contribution in [0.1, 0.15) is 44.7 Å². The standard InChI is InChI=1S/C19H22FNO3S/c1-3-19(4-2)13-17(16-7-5-6-8-18(16)24-19)21-25(22,23)15-11-9-14(20)10-12-15/h5-12,17,21H,3-4,13H2,1-2H3/t17-/m1/s1. The first-order valence-corrected chi connectivity index (χ1v) is 9.93. The summed E-state index contributed by atoms with van der Waals surface area (Å²) in [6, 6.07) is 11.9. The van der Waals surface area contributed by atoms with Crippen molar-refractivity contribution < 1.29 is 17.5 Å². The Bertz CT molecular complexity index is 845. The fourth-order valence-electron chi connectivity index (χ4n) is 3.28. The van der Waals surface area contributed by atoms with Gasteiger partial charge in [0.2, 0.25) is 10.0 Å². The second-order valence-electron chi connectivity index (χ2n) is 6.36. The van der Waals surface area contributed by atoms with E-state index in [-0.39, 0.29) is 10.9 Å². The lowest BCUT2D eigenvalue weighted by molar-refractivity contribution is 0.0260. The molecular weight excluding hydrogens is 341 g/mol. The lowest BCUT2D eigenvalue weighted by Gasteiger charge is -2.41. The molecule has 4 nitrogen and oxygen atoms in total. The molecule has 0 unspecified atom stereocenters. The van der Waals surface area contributed by atoms with Crippen LogP contribution in [-0.4, -0.2) is 14.0 Å². The maximum absolute atomic E-state index is 13.1. The second-order valence-corrected chi connectivity index (χ2v) is 8.08. The number of benzene rings is 2. The van der Waals surface area contributed by atoms with Gasteiger partial charge in [0, 0.05) is 12.0 Å². The number of hydrogen-bond acceptors (Lipinski definition) is 3. The van der Waals surface area contributed by atoms with Gasteiger partial charge in [-0.1, -0.05) is 32.0 Å². The molecule has 0 bridgehead atoms. The van der Waals surface area contributed by atoms with Gasteiger partial charge >= 0.3 is 0 Å². The molecule has 1 heterocycles. The highest BCUT2D eigenvalue weighted by atomic mass is 32.2. The summed E-state index contributed by atoms with van der Waals surface area (Å²) in [6.45, 7) is 4.09. The van der Waals surface area contributed by atoms with Crippen molar-refractivity contribution in [2.75, 3.05) is 0 Å². The monoisotopic (exact) mass is 363 g/mol. The smallest absolute Gasteiger partial charge is 0.241 e. The zero-order valence-corrected chi connectivity index (χ0v) is 15.1. The molecule has 1 atom stereocenters. The zero-order chi connectivity index (χ0) is 18.1. The zero-order valence-electron chi connectivity index (χ0n) is 14.3. The molecule has 0 aliphatic carbocycles. The third-order valence-electron chi connectivity index (χ3n) is 4.91. The Morgan fingerprint density at radius 3 is 2.40 bits per heavy atom.